The van der Waals surface area contributed by atoms with Crippen LogP contribution in [-0.4, -0.2) is 31.1 Å². The van der Waals surface area contributed by atoms with E-state index in [1.807, 2.05) is 0 Å². The van der Waals surface area contributed by atoms with Crippen LogP contribution in [0.2, 0.25) is 0 Å². The Hall–Kier alpha value is -3.70. The molecule has 2 fully saturated rings. The van der Waals surface area contributed by atoms with Gasteiger partial charge in [0.2, 0.25) is 11.7 Å². The zero-order chi connectivity index (χ0) is 24.4. The first kappa shape index (κ1) is 21.8. The van der Waals surface area contributed by atoms with Crippen molar-refractivity contribution in [3.63, 3.8) is 0 Å². The molecule has 6 rings (SSSR count). The van der Waals surface area contributed by atoms with Crippen molar-refractivity contribution >= 4 is 5.82 Å². The molecule has 2 bridgehead atoms. The van der Waals surface area contributed by atoms with E-state index in [4.69, 9.17) is 9.47 Å². The maximum Gasteiger partial charge on any atom is 0.451 e. The van der Waals surface area contributed by atoms with Crippen molar-refractivity contribution in [2.75, 3.05) is 4.90 Å². The average molecular weight is 489 g/mol. The highest BCUT2D eigenvalue weighted by Gasteiger charge is 2.56. The smallest absolute Gasteiger partial charge is 0.451 e. The Balaban J connectivity index is 1.15. The van der Waals surface area contributed by atoms with Gasteiger partial charge in [0, 0.05) is 12.1 Å². The summed E-state index contributed by atoms with van der Waals surface area (Å²) in [6, 6.07) is 6.25. The van der Waals surface area contributed by atoms with Gasteiger partial charge in [-0.15, -0.1) is 0 Å². The molecule has 182 valence electrons. The van der Waals surface area contributed by atoms with E-state index in [0.717, 1.165) is 43.9 Å². The number of fused-ring (bicyclic) bond motifs is 1. The number of benzene rings is 1. The van der Waals surface area contributed by atoms with E-state index in [1.165, 1.54) is 12.1 Å². The molecule has 0 aliphatic carbocycles. The first-order chi connectivity index (χ1) is 16.7. The molecule has 1 aromatic carbocycles. The van der Waals surface area contributed by atoms with Crippen LogP contribution in [0.3, 0.4) is 0 Å². The summed E-state index contributed by atoms with van der Waals surface area (Å²) in [5.74, 6) is -1.41. The van der Waals surface area contributed by atoms with Gasteiger partial charge in [0.05, 0.1) is 24.5 Å². The average Bonchev–Trinajstić information content (AvgIpc) is 3.45. The van der Waals surface area contributed by atoms with Crippen molar-refractivity contribution in [2.45, 2.75) is 56.6 Å². The van der Waals surface area contributed by atoms with Crippen LogP contribution in [0.1, 0.15) is 37.1 Å². The number of hydrogen-bond acceptors (Lipinski definition) is 7. The fourth-order valence-electron chi connectivity index (χ4n) is 5.40. The molecule has 3 aliphatic heterocycles. The lowest BCUT2D eigenvalue weighted by atomic mass is 9.88. The number of hydrogen-bond donors (Lipinski definition) is 0. The molecule has 3 aliphatic rings. The Kier molecular flexibility index (Phi) is 4.77. The molecule has 2 aromatic heterocycles. The van der Waals surface area contributed by atoms with E-state index >= 15 is 0 Å². The van der Waals surface area contributed by atoms with Crippen LogP contribution in [0, 0.1) is 5.82 Å². The Morgan fingerprint density at radius 1 is 1.11 bits per heavy atom. The quantitative estimate of drug-likeness (QED) is 0.500. The lowest BCUT2D eigenvalue weighted by Gasteiger charge is -2.27. The topological polar surface area (TPSA) is 82.4 Å². The molecule has 5 heterocycles. The van der Waals surface area contributed by atoms with E-state index in [-0.39, 0.29) is 35.2 Å². The van der Waals surface area contributed by atoms with Gasteiger partial charge in [0.1, 0.15) is 12.4 Å². The summed E-state index contributed by atoms with van der Waals surface area (Å²) in [6.07, 6.45) is 1.35. The molecule has 8 nitrogen and oxygen atoms in total. The van der Waals surface area contributed by atoms with Crippen LogP contribution in [0.4, 0.5) is 23.4 Å². The Labute approximate surface area is 196 Å². The molecule has 0 N–H and O–H groups in total. The monoisotopic (exact) mass is 489 g/mol. The van der Waals surface area contributed by atoms with E-state index < -0.39 is 17.8 Å². The first-order valence-corrected chi connectivity index (χ1v) is 11.1. The van der Waals surface area contributed by atoms with E-state index in [0.29, 0.717) is 18.2 Å². The number of alkyl halides is 3. The van der Waals surface area contributed by atoms with Crippen molar-refractivity contribution in [3.8, 4) is 17.4 Å². The second-order valence-corrected chi connectivity index (χ2v) is 9.04. The summed E-state index contributed by atoms with van der Waals surface area (Å²) in [6.45, 7) is 0.618. The molecular formula is C23H19F4N5O3. The zero-order valence-electron chi connectivity index (χ0n) is 18.3. The largest absolute Gasteiger partial charge is 0.473 e. The maximum atomic E-state index is 14.5. The predicted octanol–water partition coefficient (Wildman–Crippen LogP) is 4.08. The molecule has 0 radical (unpaired) electrons. The number of ether oxygens (including phenoxy) is 2. The second kappa shape index (κ2) is 7.65. The first-order valence-electron chi connectivity index (χ1n) is 11.1. The van der Waals surface area contributed by atoms with Gasteiger partial charge in [-0.25, -0.2) is 19.2 Å². The zero-order valence-corrected chi connectivity index (χ0v) is 18.3. The number of rotatable bonds is 5. The van der Waals surface area contributed by atoms with Crippen molar-refractivity contribution in [1.82, 2.24) is 19.5 Å². The van der Waals surface area contributed by atoms with Crippen LogP contribution in [-0.2, 0) is 19.3 Å². The van der Waals surface area contributed by atoms with Gasteiger partial charge in [-0.1, -0.05) is 6.07 Å². The van der Waals surface area contributed by atoms with E-state index in [9.17, 15) is 22.4 Å². The van der Waals surface area contributed by atoms with Gasteiger partial charge in [-0.05, 0) is 43.4 Å². The van der Waals surface area contributed by atoms with Gasteiger partial charge >= 0.3 is 11.9 Å². The Morgan fingerprint density at radius 3 is 2.54 bits per heavy atom. The summed E-state index contributed by atoms with van der Waals surface area (Å²) in [5, 5.41) is 0. The molecular weight excluding hydrogens is 470 g/mol. The van der Waals surface area contributed by atoms with Crippen molar-refractivity contribution in [1.29, 1.82) is 0 Å². The standard InChI is InChI=1S/C23H19F4N5O3/c24-16-7-13(1-2-17(16)35-15-9-28-20(29-10-15)23(25,26)27)11-34-18-8-19-31(21(33)30-18)12-22-5-3-14(4-6-22)32(19)22/h1-2,7-10,14H,3-6,11-12H2. The van der Waals surface area contributed by atoms with Crippen molar-refractivity contribution in [2.24, 2.45) is 0 Å². The minimum absolute atomic E-state index is 0.0220. The molecule has 0 amide bonds. The highest BCUT2D eigenvalue weighted by molar-refractivity contribution is 5.54. The van der Waals surface area contributed by atoms with Gasteiger partial charge in [-0.3, -0.25) is 4.57 Å². The molecule has 3 aromatic rings. The molecule has 0 saturated carbocycles. The number of nitrogens with zero attached hydrogens (tertiary/aromatic N) is 5. The predicted molar refractivity (Wildman–Crippen MR) is 114 cm³/mol. The molecule has 12 heteroatoms. The summed E-state index contributed by atoms with van der Waals surface area (Å²) < 4.78 is 64.9. The maximum absolute atomic E-state index is 14.5. The van der Waals surface area contributed by atoms with Crippen LogP contribution < -0.4 is 20.1 Å². The summed E-state index contributed by atoms with van der Waals surface area (Å²) >= 11 is 0. The number of aromatic nitrogens is 4. The normalized spacial score (nSPS) is 22.3. The van der Waals surface area contributed by atoms with Crippen LogP contribution >= 0.6 is 0 Å². The van der Waals surface area contributed by atoms with Crippen LogP contribution in [0.5, 0.6) is 17.4 Å². The van der Waals surface area contributed by atoms with Crippen molar-refractivity contribution in [3.05, 3.63) is 64.3 Å². The molecule has 0 atom stereocenters. The van der Waals surface area contributed by atoms with Crippen molar-refractivity contribution < 1.29 is 27.0 Å². The summed E-state index contributed by atoms with van der Waals surface area (Å²) in [4.78, 5) is 25.3. The fraction of sp³-hybridized carbons (Fsp3) is 0.391. The molecule has 2 saturated heterocycles. The highest BCUT2D eigenvalue weighted by atomic mass is 19.4. The lowest BCUT2D eigenvalue weighted by molar-refractivity contribution is -0.145. The van der Waals surface area contributed by atoms with Gasteiger partial charge in [-0.2, -0.15) is 18.2 Å². The molecule has 35 heavy (non-hydrogen) atoms. The minimum atomic E-state index is -4.68. The molecule has 0 unspecified atom stereocenters. The Morgan fingerprint density at radius 2 is 1.86 bits per heavy atom. The number of anilines is 1. The van der Waals surface area contributed by atoms with Gasteiger partial charge in [0.25, 0.3) is 0 Å². The third-order valence-electron chi connectivity index (χ3n) is 6.92. The third-order valence-corrected chi connectivity index (χ3v) is 6.92. The third kappa shape index (κ3) is 3.67. The summed E-state index contributed by atoms with van der Waals surface area (Å²) in [7, 11) is 0. The van der Waals surface area contributed by atoms with E-state index in [1.54, 1.807) is 16.7 Å². The van der Waals surface area contributed by atoms with Crippen LogP contribution in [0.25, 0.3) is 0 Å². The minimum Gasteiger partial charge on any atom is -0.473 e. The lowest BCUT2D eigenvalue weighted by Crippen LogP contribution is -2.38. The van der Waals surface area contributed by atoms with Crippen LogP contribution in [0.15, 0.2) is 41.5 Å². The van der Waals surface area contributed by atoms with Gasteiger partial charge in [0.15, 0.2) is 17.3 Å². The second-order valence-electron chi connectivity index (χ2n) is 9.04. The number of halogens is 4. The summed E-state index contributed by atoms with van der Waals surface area (Å²) in [5.41, 5.74) is 0.119. The Bertz CT molecular complexity index is 1350. The van der Waals surface area contributed by atoms with E-state index in [2.05, 4.69) is 19.9 Å². The van der Waals surface area contributed by atoms with Gasteiger partial charge < -0.3 is 14.4 Å². The fourth-order valence-corrected chi connectivity index (χ4v) is 5.40. The highest BCUT2D eigenvalue weighted by Crippen LogP contribution is 2.53. The molecule has 0 spiro atoms. The SMILES string of the molecule is O=c1nc(OCc2ccc(Oc3cnc(C(F)(F)F)nc3)c(F)c2)cc2n1CC13CCC(CC1)N23.